The van der Waals surface area contributed by atoms with Crippen LogP contribution in [0.4, 0.5) is 0 Å². The second kappa shape index (κ2) is 3.98. The van der Waals surface area contributed by atoms with Crippen molar-refractivity contribution < 1.29 is 9.59 Å². The maximum absolute atomic E-state index is 10.9. The molecule has 4 nitrogen and oxygen atoms in total. The van der Waals surface area contributed by atoms with Crippen LogP contribution in [0.15, 0.2) is 0 Å². The Hall–Kier alpha value is -1.06. The molecule has 0 aromatic heterocycles. The van der Waals surface area contributed by atoms with Crippen LogP contribution < -0.4 is 11.1 Å². The first kappa shape index (κ1) is 11.0. The number of hydrogen-bond donors (Lipinski definition) is 2. The molecule has 1 aliphatic rings. The number of rotatable bonds is 3. The lowest BCUT2D eigenvalue weighted by atomic mass is 9.67. The third kappa shape index (κ3) is 2.47. The number of amides is 2. The molecule has 0 atom stereocenters. The van der Waals surface area contributed by atoms with E-state index in [1.165, 1.54) is 19.3 Å². The van der Waals surface area contributed by atoms with Crippen LogP contribution in [0.5, 0.6) is 0 Å². The maximum Gasteiger partial charge on any atom is 0.309 e. The molecule has 14 heavy (non-hydrogen) atoms. The summed E-state index contributed by atoms with van der Waals surface area (Å²) in [6, 6.07) is 0. The summed E-state index contributed by atoms with van der Waals surface area (Å²) in [5, 5.41) is 2.56. The quantitative estimate of drug-likeness (QED) is 0.645. The van der Waals surface area contributed by atoms with E-state index in [1.54, 1.807) is 0 Å². The van der Waals surface area contributed by atoms with Crippen molar-refractivity contribution in [1.82, 2.24) is 5.32 Å². The molecule has 0 spiro atoms. The van der Waals surface area contributed by atoms with Crippen molar-refractivity contribution in [3.8, 4) is 0 Å². The molecule has 0 aliphatic heterocycles. The summed E-state index contributed by atoms with van der Waals surface area (Å²) in [4.78, 5) is 21.4. The highest BCUT2D eigenvalue weighted by molar-refractivity contribution is 6.34. The van der Waals surface area contributed by atoms with Crippen LogP contribution in [-0.2, 0) is 9.59 Å². The largest absolute Gasteiger partial charge is 0.361 e. The zero-order chi connectivity index (χ0) is 10.8. The minimum Gasteiger partial charge on any atom is -0.361 e. The van der Waals surface area contributed by atoms with E-state index in [1.807, 2.05) is 0 Å². The van der Waals surface area contributed by atoms with E-state index in [0.717, 1.165) is 0 Å². The van der Waals surface area contributed by atoms with Gasteiger partial charge in [0.1, 0.15) is 0 Å². The van der Waals surface area contributed by atoms with Crippen LogP contribution in [-0.4, -0.2) is 18.4 Å². The number of carbonyl (C=O) groups excluding carboxylic acids is 2. The molecule has 0 heterocycles. The third-order valence-corrected chi connectivity index (χ3v) is 3.14. The van der Waals surface area contributed by atoms with Crippen molar-refractivity contribution in [2.75, 3.05) is 6.54 Å². The van der Waals surface area contributed by atoms with Gasteiger partial charge in [0.2, 0.25) is 0 Å². The molecule has 2 amide bonds. The normalized spacial score (nSPS) is 17.3. The number of hydrogen-bond acceptors (Lipinski definition) is 2. The summed E-state index contributed by atoms with van der Waals surface area (Å²) < 4.78 is 0. The molecule has 0 aromatic rings. The maximum atomic E-state index is 10.9. The molecule has 1 saturated carbocycles. The van der Waals surface area contributed by atoms with E-state index in [2.05, 4.69) is 19.2 Å². The van der Waals surface area contributed by atoms with E-state index < -0.39 is 11.8 Å². The zero-order valence-corrected chi connectivity index (χ0v) is 8.80. The van der Waals surface area contributed by atoms with E-state index in [-0.39, 0.29) is 5.41 Å². The molecule has 0 unspecified atom stereocenters. The van der Waals surface area contributed by atoms with Gasteiger partial charge in [0.05, 0.1) is 0 Å². The minimum absolute atomic E-state index is 0.0728. The van der Waals surface area contributed by atoms with Gasteiger partial charge >= 0.3 is 11.8 Å². The summed E-state index contributed by atoms with van der Waals surface area (Å²) in [7, 11) is 0. The average Bonchev–Trinajstić information content (AvgIpc) is 1.95. The Labute approximate surface area is 84.2 Å². The van der Waals surface area contributed by atoms with E-state index >= 15 is 0 Å². The molecular weight excluding hydrogens is 180 g/mol. The van der Waals surface area contributed by atoms with Gasteiger partial charge in [-0.1, -0.05) is 20.3 Å². The monoisotopic (exact) mass is 198 g/mol. The number of nitrogens with two attached hydrogens (primary N) is 1. The van der Waals surface area contributed by atoms with Crippen LogP contribution in [0.3, 0.4) is 0 Å². The SMILES string of the molecule is CC(C)(CNC(=O)C(N)=O)C1CCC1. The fourth-order valence-corrected chi connectivity index (χ4v) is 1.73. The Morgan fingerprint density at radius 1 is 1.43 bits per heavy atom. The van der Waals surface area contributed by atoms with Crippen LogP contribution in [0.25, 0.3) is 0 Å². The Morgan fingerprint density at radius 3 is 2.36 bits per heavy atom. The number of nitrogens with one attached hydrogen (secondary N) is 1. The smallest absolute Gasteiger partial charge is 0.309 e. The third-order valence-electron chi connectivity index (χ3n) is 3.14. The Kier molecular flexibility index (Phi) is 3.13. The Bertz CT molecular complexity index is 245. The lowest BCUT2D eigenvalue weighted by Gasteiger charge is -2.40. The molecule has 0 radical (unpaired) electrons. The molecule has 3 N–H and O–H groups in total. The fourth-order valence-electron chi connectivity index (χ4n) is 1.73. The second-order valence-corrected chi connectivity index (χ2v) is 4.66. The molecule has 0 aromatic carbocycles. The first-order chi connectivity index (χ1) is 6.43. The fraction of sp³-hybridized carbons (Fsp3) is 0.800. The molecule has 1 rings (SSSR count). The highest BCUT2D eigenvalue weighted by atomic mass is 16.2. The molecular formula is C10H18N2O2. The van der Waals surface area contributed by atoms with Gasteiger partial charge < -0.3 is 11.1 Å². The highest BCUT2D eigenvalue weighted by Gasteiger charge is 2.34. The van der Waals surface area contributed by atoms with Gasteiger partial charge in [0, 0.05) is 6.54 Å². The lowest BCUT2D eigenvalue weighted by Crippen LogP contribution is -2.44. The van der Waals surface area contributed by atoms with Gasteiger partial charge in [-0.3, -0.25) is 9.59 Å². The number of carbonyl (C=O) groups is 2. The molecule has 1 aliphatic carbocycles. The van der Waals surface area contributed by atoms with Crippen LogP contribution in [0.1, 0.15) is 33.1 Å². The highest BCUT2D eigenvalue weighted by Crippen LogP contribution is 2.41. The summed E-state index contributed by atoms with van der Waals surface area (Å²) >= 11 is 0. The molecule has 0 saturated heterocycles. The first-order valence-corrected chi connectivity index (χ1v) is 5.01. The zero-order valence-electron chi connectivity index (χ0n) is 8.80. The molecule has 4 heteroatoms. The van der Waals surface area contributed by atoms with Gasteiger partial charge in [-0.05, 0) is 24.2 Å². The van der Waals surface area contributed by atoms with Crippen molar-refractivity contribution >= 4 is 11.8 Å². The summed E-state index contributed by atoms with van der Waals surface area (Å²) in [5.41, 5.74) is 4.91. The van der Waals surface area contributed by atoms with Crippen LogP contribution in [0, 0.1) is 11.3 Å². The summed E-state index contributed by atoms with van der Waals surface area (Å²) in [6.07, 6.45) is 3.72. The predicted octanol–water partition coefficient (Wildman–Crippen LogP) is 0.414. The topological polar surface area (TPSA) is 72.2 Å². The molecule has 80 valence electrons. The second-order valence-electron chi connectivity index (χ2n) is 4.66. The van der Waals surface area contributed by atoms with Crippen LogP contribution >= 0.6 is 0 Å². The van der Waals surface area contributed by atoms with Gasteiger partial charge in [0.25, 0.3) is 0 Å². The van der Waals surface area contributed by atoms with Crippen LogP contribution in [0.2, 0.25) is 0 Å². The minimum atomic E-state index is -0.908. The standard InChI is InChI=1S/C10H18N2O2/c1-10(2,7-4-3-5-7)6-12-9(14)8(11)13/h7H,3-6H2,1-2H3,(H2,11,13)(H,12,14). The van der Waals surface area contributed by atoms with E-state index in [0.29, 0.717) is 12.5 Å². The van der Waals surface area contributed by atoms with Crippen molar-refractivity contribution in [3.63, 3.8) is 0 Å². The van der Waals surface area contributed by atoms with Crippen molar-refractivity contribution in [1.29, 1.82) is 0 Å². The van der Waals surface area contributed by atoms with Crippen molar-refractivity contribution in [3.05, 3.63) is 0 Å². The Morgan fingerprint density at radius 2 is 2.00 bits per heavy atom. The van der Waals surface area contributed by atoms with Gasteiger partial charge in [-0.25, -0.2) is 0 Å². The summed E-state index contributed by atoms with van der Waals surface area (Å²) in [6.45, 7) is 4.75. The van der Waals surface area contributed by atoms with E-state index in [4.69, 9.17) is 5.73 Å². The van der Waals surface area contributed by atoms with Crippen molar-refractivity contribution in [2.45, 2.75) is 33.1 Å². The summed E-state index contributed by atoms with van der Waals surface area (Å²) in [5.74, 6) is -0.928. The molecule has 1 fully saturated rings. The lowest BCUT2D eigenvalue weighted by molar-refractivity contribution is -0.137. The van der Waals surface area contributed by atoms with Crippen molar-refractivity contribution in [2.24, 2.45) is 17.1 Å². The predicted molar refractivity (Wildman–Crippen MR) is 53.3 cm³/mol. The first-order valence-electron chi connectivity index (χ1n) is 5.01. The van der Waals surface area contributed by atoms with Gasteiger partial charge in [0.15, 0.2) is 0 Å². The van der Waals surface area contributed by atoms with Gasteiger partial charge in [-0.15, -0.1) is 0 Å². The van der Waals surface area contributed by atoms with E-state index in [9.17, 15) is 9.59 Å². The van der Waals surface area contributed by atoms with Gasteiger partial charge in [-0.2, -0.15) is 0 Å². The Balaban J connectivity index is 2.35. The average molecular weight is 198 g/mol. The molecule has 0 bridgehead atoms. The number of primary amides is 1.